The van der Waals surface area contributed by atoms with Crippen molar-refractivity contribution in [3.63, 3.8) is 0 Å². The zero-order valence-corrected chi connectivity index (χ0v) is 15.7. The van der Waals surface area contributed by atoms with E-state index in [-0.39, 0.29) is 12.3 Å². The van der Waals surface area contributed by atoms with E-state index in [2.05, 4.69) is 29.4 Å². The van der Waals surface area contributed by atoms with Crippen molar-refractivity contribution in [2.45, 2.75) is 13.3 Å². The number of carbonyl (C=O) groups excluding carboxylic acids is 1. The highest BCUT2D eigenvalue weighted by molar-refractivity contribution is 7.13. The third-order valence-electron chi connectivity index (χ3n) is 3.87. The molecule has 26 heavy (non-hydrogen) atoms. The molecule has 0 bridgehead atoms. The number of rotatable bonds is 6. The summed E-state index contributed by atoms with van der Waals surface area (Å²) in [7, 11) is 3.14. The van der Waals surface area contributed by atoms with E-state index >= 15 is 0 Å². The maximum absolute atomic E-state index is 12.4. The van der Waals surface area contributed by atoms with Crippen molar-refractivity contribution in [1.82, 2.24) is 4.98 Å². The van der Waals surface area contributed by atoms with E-state index in [1.54, 1.807) is 32.4 Å². The molecule has 2 aromatic carbocycles. The summed E-state index contributed by atoms with van der Waals surface area (Å²) in [6.07, 6.45) is 0.206. The van der Waals surface area contributed by atoms with Gasteiger partial charge >= 0.3 is 0 Å². The quantitative estimate of drug-likeness (QED) is 0.704. The number of carbonyl (C=O) groups is 1. The largest absolute Gasteiger partial charge is 0.497 e. The molecule has 0 unspecified atom stereocenters. The normalized spacial score (nSPS) is 10.4. The van der Waals surface area contributed by atoms with E-state index in [9.17, 15) is 4.79 Å². The number of amides is 1. The highest BCUT2D eigenvalue weighted by Gasteiger charge is 2.12. The van der Waals surface area contributed by atoms with Crippen LogP contribution < -0.4 is 14.8 Å². The molecule has 1 aromatic heterocycles. The molecular weight excluding hydrogens is 348 g/mol. The van der Waals surface area contributed by atoms with Crippen LogP contribution >= 0.6 is 11.3 Å². The van der Waals surface area contributed by atoms with E-state index < -0.39 is 0 Å². The van der Waals surface area contributed by atoms with Crippen molar-refractivity contribution in [2.75, 3.05) is 19.5 Å². The zero-order chi connectivity index (χ0) is 18.5. The lowest BCUT2D eigenvalue weighted by Gasteiger charge is -2.11. The number of thiazole rings is 1. The minimum absolute atomic E-state index is 0.144. The lowest BCUT2D eigenvalue weighted by atomic mass is 10.2. The number of hydrogen-bond acceptors (Lipinski definition) is 5. The van der Waals surface area contributed by atoms with Crippen molar-refractivity contribution in [3.8, 4) is 22.1 Å². The van der Waals surface area contributed by atoms with Gasteiger partial charge in [0, 0.05) is 17.0 Å². The summed E-state index contributed by atoms with van der Waals surface area (Å²) < 4.78 is 10.5. The lowest BCUT2D eigenvalue weighted by molar-refractivity contribution is -0.115. The van der Waals surface area contributed by atoms with Gasteiger partial charge < -0.3 is 14.8 Å². The van der Waals surface area contributed by atoms with Crippen LogP contribution in [0.3, 0.4) is 0 Å². The summed E-state index contributed by atoms with van der Waals surface area (Å²) >= 11 is 1.54. The molecule has 0 fully saturated rings. The molecule has 0 aliphatic heterocycles. The molecule has 1 amide bonds. The van der Waals surface area contributed by atoms with Gasteiger partial charge in [-0.15, -0.1) is 11.3 Å². The van der Waals surface area contributed by atoms with Gasteiger partial charge in [0.2, 0.25) is 5.91 Å². The van der Waals surface area contributed by atoms with Crippen LogP contribution in [0, 0.1) is 6.92 Å². The first kappa shape index (κ1) is 17.9. The minimum Gasteiger partial charge on any atom is -0.497 e. The van der Waals surface area contributed by atoms with Crippen LogP contribution in [0.5, 0.6) is 11.5 Å². The van der Waals surface area contributed by atoms with Gasteiger partial charge in [-0.2, -0.15) is 0 Å². The molecule has 0 aliphatic carbocycles. The average molecular weight is 368 g/mol. The number of aromatic nitrogens is 1. The molecule has 3 aromatic rings. The van der Waals surface area contributed by atoms with Gasteiger partial charge in [-0.25, -0.2) is 4.98 Å². The molecule has 134 valence electrons. The summed E-state index contributed by atoms with van der Waals surface area (Å²) in [5.74, 6) is 1.08. The number of nitrogens with zero attached hydrogens (tertiary/aromatic N) is 1. The van der Waals surface area contributed by atoms with Crippen LogP contribution in [0.15, 0.2) is 47.8 Å². The Morgan fingerprint density at radius 3 is 2.58 bits per heavy atom. The molecule has 5 nitrogen and oxygen atoms in total. The molecule has 0 saturated carbocycles. The fraction of sp³-hybridized carbons (Fsp3) is 0.200. The van der Waals surface area contributed by atoms with Gasteiger partial charge in [-0.1, -0.05) is 29.8 Å². The van der Waals surface area contributed by atoms with Crippen LogP contribution in [0.2, 0.25) is 0 Å². The highest BCUT2D eigenvalue weighted by Crippen LogP contribution is 2.29. The van der Waals surface area contributed by atoms with Gasteiger partial charge in [0.25, 0.3) is 0 Å². The van der Waals surface area contributed by atoms with Gasteiger partial charge in [-0.3, -0.25) is 4.79 Å². The van der Waals surface area contributed by atoms with Crippen molar-refractivity contribution >= 4 is 22.9 Å². The minimum atomic E-state index is -0.144. The molecule has 0 saturated heterocycles. The molecule has 0 spiro atoms. The molecule has 0 atom stereocenters. The molecule has 1 heterocycles. The number of ether oxygens (including phenoxy) is 2. The van der Waals surface area contributed by atoms with Crippen LogP contribution in [0.1, 0.15) is 11.3 Å². The third kappa shape index (κ3) is 4.21. The molecule has 3 rings (SSSR count). The Balaban J connectivity index is 1.68. The fourth-order valence-corrected chi connectivity index (χ4v) is 3.30. The first-order valence-electron chi connectivity index (χ1n) is 8.12. The average Bonchev–Trinajstić information content (AvgIpc) is 3.11. The fourth-order valence-electron chi connectivity index (χ4n) is 2.48. The first-order valence-corrected chi connectivity index (χ1v) is 9.00. The maximum Gasteiger partial charge on any atom is 0.230 e. The Kier molecular flexibility index (Phi) is 5.53. The Morgan fingerprint density at radius 2 is 1.88 bits per heavy atom. The summed E-state index contributed by atoms with van der Waals surface area (Å²) in [6, 6.07) is 13.5. The summed E-state index contributed by atoms with van der Waals surface area (Å²) in [5, 5.41) is 5.69. The predicted octanol–water partition coefficient (Wildman–Crippen LogP) is 4.32. The van der Waals surface area contributed by atoms with Gasteiger partial charge in [0.1, 0.15) is 16.5 Å². The smallest absolute Gasteiger partial charge is 0.230 e. The Hall–Kier alpha value is -2.86. The topological polar surface area (TPSA) is 60.5 Å². The molecule has 0 aliphatic rings. The maximum atomic E-state index is 12.4. The Labute approximate surface area is 156 Å². The van der Waals surface area contributed by atoms with Crippen LogP contribution in [-0.4, -0.2) is 25.1 Å². The van der Waals surface area contributed by atoms with E-state index in [1.807, 2.05) is 17.5 Å². The second-order valence-electron chi connectivity index (χ2n) is 5.80. The van der Waals surface area contributed by atoms with Crippen LogP contribution in [0.25, 0.3) is 10.6 Å². The number of aryl methyl sites for hydroxylation is 1. The molecule has 0 radical (unpaired) electrons. The Morgan fingerprint density at radius 1 is 1.12 bits per heavy atom. The zero-order valence-electron chi connectivity index (χ0n) is 14.9. The second kappa shape index (κ2) is 8.01. The Bertz CT molecular complexity index is 904. The molecular formula is C20H20N2O3S. The number of methoxy groups -OCH3 is 2. The number of nitrogens with one attached hydrogen (secondary N) is 1. The van der Waals surface area contributed by atoms with Crippen LogP contribution in [-0.2, 0) is 11.2 Å². The second-order valence-corrected chi connectivity index (χ2v) is 6.66. The summed E-state index contributed by atoms with van der Waals surface area (Å²) in [6.45, 7) is 2.05. The van der Waals surface area contributed by atoms with Gasteiger partial charge in [-0.05, 0) is 19.1 Å². The van der Waals surface area contributed by atoms with Crippen LogP contribution in [0.4, 0.5) is 5.69 Å². The number of benzene rings is 2. The standard InChI is InChI=1S/C20H20N2O3S/c1-13-4-6-14(7-5-13)20-21-15(12-26-20)10-19(23)22-17-9-8-16(24-2)11-18(17)25-3/h4-9,11-12H,10H2,1-3H3,(H,22,23). The van der Waals surface area contributed by atoms with Crippen molar-refractivity contribution < 1.29 is 14.3 Å². The van der Waals surface area contributed by atoms with Crippen molar-refractivity contribution in [1.29, 1.82) is 0 Å². The van der Waals surface area contributed by atoms with E-state index in [4.69, 9.17) is 9.47 Å². The molecule has 1 N–H and O–H groups in total. The first-order chi connectivity index (χ1) is 12.6. The third-order valence-corrected chi connectivity index (χ3v) is 4.81. The van der Waals surface area contributed by atoms with Crippen molar-refractivity contribution in [3.05, 3.63) is 59.1 Å². The SMILES string of the molecule is COc1ccc(NC(=O)Cc2csc(-c3ccc(C)cc3)n2)c(OC)c1. The number of anilines is 1. The van der Waals surface area contributed by atoms with E-state index in [1.165, 1.54) is 16.9 Å². The van der Waals surface area contributed by atoms with E-state index in [0.717, 1.165) is 16.3 Å². The summed E-state index contributed by atoms with van der Waals surface area (Å²) in [4.78, 5) is 16.9. The monoisotopic (exact) mass is 368 g/mol. The van der Waals surface area contributed by atoms with Gasteiger partial charge in [0.05, 0.1) is 32.0 Å². The highest BCUT2D eigenvalue weighted by atomic mass is 32.1. The predicted molar refractivity (Wildman–Crippen MR) is 104 cm³/mol. The van der Waals surface area contributed by atoms with E-state index in [0.29, 0.717) is 17.2 Å². The van der Waals surface area contributed by atoms with Gasteiger partial charge in [0.15, 0.2) is 0 Å². The number of hydrogen-bond donors (Lipinski definition) is 1. The molecule has 6 heteroatoms. The lowest BCUT2D eigenvalue weighted by Crippen LogP contribution is -2.15. The van der Waals surface area contributed by atoms with Crippen molar-refractivity contribution in [2.24, 2.45) is 0 Å². The summed E-state index contributed by atoms with van der Waals surface area (Å²) in [5.41, 5.74) is 3.62.